The molecule has 0 spiro atoms. The van der Waals surface area contributed by atoms with Gasteiger partial charge in [0.2, 0.25) is 5.78 Å². The molecule has 5 rings (SSSR count). The van der Waals surface area contributed by atoms with Crippen molar-refractivity contribution in [2.45, 2.75) is 62.5 Å². The molecule has 1 aliphatic carbocycles. The number of nitrogens with zero attached hydrogens (tertiary/aromatic N) is 4. The summed E-state index contributed by atoms with van der Waals surface area (Å²) in [5.41, 5.74) is 2.16. The van der Waals surface area contributed by atoms with Crippen molar-refractivity contribution in [2.75, 3.05) is 7.11 Å². The number of ether oxygens (including phenoxy) is 1. The number of hydrogen-bond acceptors (Lipinski definition) is 6. The molecule has 182 valence electrons. The van der Waals surface area contributed by atoms with Crippen LogP contribution in [0.5, 0.6) is 5.75 Å². The Morgan fingerprint density at radius 3 is 2.77 bits per heavy atom. The van der Waals surface area contributed by atoms with Crippen molar-refractivity contribution < 1.29 is 9.53 Å². The molecule has 0 unspecified atom stereocenters. The lowest BCUT2D eigenvalue weighted by Crippen LogP contribution is -2.32. The maximum atomic E-state index is 13.3. The number of carbonyl (C=O) groups excluding carboxylic acids is 1. The van der Waals surface area contributed by atoms with E-state index in [1.807, 2.05) is 35.6 Å². The van der Waals surface area contributed by atoms with Gasteiger partial charge in [0, 0.05) is 23.9 Å². The fourth-order valence-corrected chi connectivity index (χ4v) is 5.57. The van der Waals surface area contributed by atoms with Gasteiger partial charge in [-0.2, -0.15) is 0 Å². The molecule has 0 radical (unpaired) electrons. The predicted molar refractivity (Wildman–Crippen MR) is 137 cm³/mol. The maximum absolute atomic E-state index is 13.3. The second kappa shape index (κ2) is 10.1. The van der Waals surface area contributed by atoms with Gasteiger partial charge in [-0.25, -0.2) is 0 Å². The fraction of sp³-hybridized carbons (Fsp3) is 0.385. The monoisotopic (exact) mass is 491 g/mol. The van der Waals surface area contributed by atoms with E-state index in [-0.39, 0.29) is 17.5 Å². The fourth-order valence-electron chi connectivity index (χ4n) is 4.69. The van der Waals surface area contributed by atoms with Gasteiger partial charge in [-0.05, 0) is 55.2 Å². The van der Waals surface area contributed by atoms with Crippen LogP contribution < -0.4 is 15.6 Å². The number of methoxy groups -OCH3 is 1. The molecule has 0 atom stereocenters. The number of fused-ring (bicyclic) bond motifs is 3. The third-order valence-electron chi connectivity index (χ3n) is 6.47. The van der Waals surface area contributed by atoms with E-state index in [0.29, 0.717) is 39.7 Å². The smallest absolute Gasteiger partial charge is 0.262 e. The van der Waals surface area contributed by atoms with Crippen molar-refractivity contribution in [3.05, 3.63) is 63.9 Å². The Morgan fingerprint density at radius 1 is 1.17 bits per heavy atom. The molecule has 8 nitrogen and oxygen atoms in total. The minimum Gasteiger partial charge on any atom is -0.497 e. The average molecular weight is 492 g/mol. The molecule has 1 fully saturated rings. The SMILES string of the molecule is CCCn1c(=O)c2ccc(C(=O)NC3CCCC3)cc2n2c(SCc3cccc(OC)c3)nnc12. The van der Waals surface area contributed by atoms with Crippen LogP contribution in [0.2, 0.25) is 0 Å². The van der Waals surface area contributed by atoms with E-state index in [0.717, 1.165) is 43.4 Å². The summed E-state index contributed by atoms with van der Waals surface area (Å²) in [6.07, 6.45) is 5.12. The minimum atomic E-state index is -0.117. The summed E-state index contributed by atoms with van der Waals surface area (Å²) in [6, 6.07) is 13.4. The van der Waals surface area contributed by atoms with E-state index in [9.17, 15) is 9.59 Å². The van der Waals surface area contributed by atoms with E-state index in [4.69, 9.17) is 4.74 Å². The number of amides is 1. The van der Waals surface area contributed by atoms with Crippen LogP contribution in [0.3, 0.4) is 0 Å². The summed E-state index contributed by atoms with van der Waals surface area (Å²) in [5.74, 6) is 1.84. The number of aromatic nitrogens is 4. The Hall–Kier alpha value is -3.33. The van der Waals surface area contributed by atoms with Gasteiger partial charge in [0.1, 0.15) is 5.75 Å². The van der Waals surface area contributed by atoms with Gasteiger partial charge in [-0.1, -0.05) is 43.7 Å². The van der Waals surface area contributed by atoms with Gasteiger partial charge in [0.25, 0.3) is 11.5 Å². The van der Waals surface area contributed by atoms with Crippen LogP contribution in [0.15, 0.2) is 52.4 Å². The zero-order chi connectivity index (χ0) is 24.4. The number of rotatable bonds is 8. The molecular weight excluding hydrogens is 462 g/mol. The van der Waals surface area contributed by atoms with Crippen molar-refractivity contribution >= 4 is 34.3 Å². The summed E-state index contributed by atoms with van der Waals surface area (Å²) < 4.78 is 8.92. The van der Waals surface area contributed by atoms with Crippen LogP contribution in [-0.4, -0.2) is 38.2 Å². The molecule has 4 aromatic rings. The van der Waals surface area contributed by atoms with Crippen LogP contribution in [0.25, 0.3) is 16.7 Å². The zero-order valence-electron chi connectivity index (χ0n) is 20.0. The maximum Gasteiger partial charge on any atom is 0.262 e. The molecule has 1 N–H and O–H groups in total. The molecule has 2 heterocycles. The predicted octanol–water partition coefficient (Wildman–Crippen LogP) is 4.43. The summed E-state index contributed by atoms with van der Waals surface area (Å²) in [5, 5.41) is 13.2. The van der Waals surface area contributed by atoms with E-state index in [2.05, 4.69) is 15.5 Å². The third-order valence-corrected chi connectivity index (χ3v) is 7.47. The van der Waals surface area contributed by atoms with Crippen molar-refractivity contribution in [2.24, 2.45) is 0 Å². The van der Waals surface area contributed by atoms with Crippen molar-refractivity contribution in [3.8, 4) is 5.75 Å². The van der Waals surface area contributed by atoms with Gasteiger partial charge in [0.15, 0.2) is 5.16 Å². The standard InChI is InChI=1S/C26H29N5O3S/c1-3-13-30-24(33)21-12-11-18(23(32)27-19-8-4-5-9-19)15-22(21)31-25(30)28-29-26(31)35-16-17-7-6-10-20(14-17)34-2/h6-7,10-12,14-15,19H,3-5,8-9,13,16H2,1-2H3,(H,27,32). The summed E-state index contributed by atoms with van der Waals surface area (Å²) in [6.45, 7) is 2.57. The van der Waals surface area contributed by atoms with Gasteiger partial charge in [-0.15, -0.1) is 10.2 Å². The minimum absolute atomic E-state index is 0.108. The van der Waals surface area contributed by atoms with Crippen molar-refractivity contribution in [1.82, 2.24) is 24.5 Å². The molecule has 1 amide bonds. The topological polar surface area (TPSA) is 90.5 Å². The summed E-state index contributed by atoms with van der Waals surface area (Å²) >= 11 is 1.53. The quantitative estimate of drug-likeness (QED) is 0.367. The molecule has 0 bridgehead atoms. The zero-order valence-corrected chi connectivity index (χ0v) is 20.8. The average Bonchev–Trinajstić information content (AvgIpc) is 3.55. The Kier molecular flexibility index (Phi) is 6.77. The largest absolute Gasteiger partial charge is 0.497 e. The second-order valence-electron chi connectivity index (χ2n) is 8.90. The Labute approximate surface area is 207 Å². The molecule has 1 aliphatic rings. The summed E-state index contributed by atoms with van der Waals surface area (Å²) in [7, 11) is 1.65. The lowest BCUT2D eigenvalue weighted by atomic mass is 10.1. The number of thioether (sulfide) groups is 1. The van der Waals surface area contributed by atoms with Crippen LogP contribution in [0, 0.1) is 0 Å². The van der Waals surface area contributed by atoms with Gasteiger partial charge in [0.05, 0.1) is 18.0 Å². The molecule has 0 aliphatic heterocycles. The molecule has 1 saturated carbocycles. The second-order valence-corrected chi connectivity index (χ2v) is 9.84. The number of benzene rings is 2. The van der Waals surface area contributed by atoms with E-state index in [1.165, 1.54) is 11.8 Å². The number of carbonyl (C=O) groups is 1. The Bertz CT molecular complexity index is 1440. The van der Waals surface area contributed by atoms with Crippen LogP contribution >= 0.6 is 11.8 Å². The first kappa shape index (κ1) is 23.4. The highest BCUT2D eigenvalue weighted by Crippen LogP contribution is 2.27. The number of hydrogen-bond donors (Lipinski definition) is 1. The molecule has 9 heteroatoms. The first-order chi connectivity index (χ1) is 17.1. The highest BCUT2D eigenvalue weighted by atomic mass is 32.2. The normalized spacial score (nSPS) is 14.1. The highest BCUT2D eigenvalue weighted by Gasteiger charge is 2.21. The molecule has 2 aromatic carbocycles. The molecular formula is C26H29N5O3S. The van der Waals surface area contributed by atoms with Crippen LogP contribution in [0.4, 0.5) is 0 Å². The number of nitrogens with one attached hydrogen (secondary N) is 1. The van der Waals surface area contributed by atoms with E-state index < -0.39 is 0 Å². The Morgan fingerprint density at radius 2 is 2.00 bits per heavy atom. The van der Waals surface area contributed by atoms with Crippen LogP contribution in [-0.2, 0) is 12.3 Å². The van der Waals surface area contributed by atoms with Gasteiger partial charge < -0.3 is 10.1 Å². The van der Waals surface area contributed by atoms with E-state index in [1.54, 1.807) is 29.9 Å². The summed E-state index contributed by atoms with van der Waals surface area (Å²) in [4.78, 5) is 26.3. The lowest BCUT2D eigenvalue weighted by molar-refractivity contribution is 0.0938. The van der Waals surface area contributed by atoms with Crippen molar-refractivity contribution in [3.63, 3.8) is 0 Å². The van der Waals surface area contributed by atoms with Gasteiger partial charge in [-0.3, -0.25) is 18.6 Å². The number of aryl methyl sites for hydroxylation is 1. The van der Waals surface area contributed by atoms with Crippen LogP contribution in [0.1, 0.15) is 54.9 Å². The lowest BCUT2D eigenvalue weighted by Gasteiger charge is -2.14. The molecule has 2 aromatic heterocycles. The molecule has 0 saturated heterocycles. The third kappa shape index (κ3) is 4.65. The molecule has 35 heavy (non-hydrogen) atoms. The Balaban J connectivity index is 1.57. The highest BCUT2D eigenvalue weighted by molar-refractivity contribution is 7.98. The first-order valence-corrected chi connectivity index (χ1v) is 13.1. The first-order valence-electron chi connectivity index (χ1n) is 12.1. The van der Waals surface area contributed by atoms with Gasteiger partial charge >= 0.3 is 0 Å². The van der Waals surface area contributed by atoms with E-state index >= 15 is 0 Å². The van der Waals surface area contributed by atoms with Crippen molar-refractivity contribution in [1.29, 1.82) is 0 Å².